The smallest absolute Gasteiger partial charge is 0.295 e. The number of carbonyl (C=O) groups is 2. The summed E-state index contributed by atoms with van der Waals surface area (Å²) in [5, 5.41) is 13.5. The number of carbonyl (C=O) groups excluding carboxylic acids is 2. The van der Waals surface area contributed by atoms with Gasteiger partial charge in [0, 0.05) is 4.88 Å². The van der Waals surface area contributed by atoms with Gasteiger partial charge in [-0.1, -0.05) is 53.5 Å². The Morgan fingerprint density at radius 3 is 2.41 bits per heavy atom. The van der Waals surface area contributed by atoms with Gasteiger partial charge in [0.25, 0.3) is 11.7 Å². The minimum absolute atomic E-state index is 0.0410. The SMILES string of the molecule is COc1c(Cl)cc(/C(O)=C2\C(=O)C(=O)N(Cc3cccs3)C2c2ccccc2C)c(OC)c1Cl. The molecule has 1 saturated heterocycles. The predicted octanol–water partition coefficient (Wildman–Crippen LogP) is 6.00. The number of methoxy groups -OCH3 is 2. The predicted molar refractivity (Wildman–Crippen MR) is 133 cm³/mol. The molecular formula is C25H21Cl2NO5S. The van der Waals surface area contributed by atoms with Gasteiger partial charge in [-0.2, -0.15) is 0 Å². The quantitative estimate of drug-likeness (QED) is 0.246. The minimum atomic E-state index is -0.812. The number of aliphatic hydroxyl groups excluding tert-OH is 1. The third-order valence-electron chi connectivity index (χ3n) is 5.72. The van der Waals surface area contributed by atoms with Crippen LogP contribution < -0.4 is 9.47 Å². The van der Waals surface area contributed by atoms with Gasteiger partial charge in [0.1, 0.15) is 10.8 Å². The van der Waals surface area contributed by atoms with E-state index in [1.54, 1.807) is 0 Å². The van der Waals surface area contributed by atoms with Crippen molar-refractivity contribution in [3.8, 4) is 11.5 Å². The maximum absolute atomic E-state index is 13.3. The topological polar surface area (TPSA) is 76.1 Å². The molecule has 0 spiro atoms. The van der Waals surface area contributed by atoms with Crippen LogP contribution in [-0.4, -0.2) is 35.9 Å². The van der Waals surface area contributed by atoms with E-state index in [0.29, 0.717) is 0 Å². The lowest BCUT2D eigenvalue weighted by Gasteiger charge is -2.26. The molecule has 6 nitrogen and oxygen atoms in total. The van der Waals surface area contributed by atoms with E-state index in [4.69, 9.17) is 32.7 Å². The summed E-state index contributed by atoms with van der Waals surface area (Å²) in [6.45, 7) is 2.11. The molecule has 1 aliphatic heterocycles. The molecule has 1 aliphatic rings. The van der Waals surface area contributed by atoms with E-state index >= 15 is 0 Å². The fraction of sp³-hybridized carbons (Fsp3) is 0.200. The van der Waals surface area contributed by atoms with Gasteiger partial charge in [-0.3, -0.25) is 9.59 Å². The molecule has 1 unspecified atom stereocenters. The van der Waals surface area contributed by atoms with Crippen LogP contribution >= 0.6 is 34.5 Å². The monoisotopic (exact) mass is 517 g/mol. The van der Waals surface area contributed by atoms with E-state index in [0.717, 1.165) is 16.0 Å². The Kier molecular flexibility index (Phi) is 6.89. The van der Waals surface area contributed by atoms with Gasteiger partial charge in [0.2, 0.25) is 0 Å². The molecule has 0 saturated carbocycles. The molecule has 1 atom stereocenters. The second-order valence-corrected chi connectivity index (χ2v) is 9.47. The molecule has 1 fully saturated rings. The lowest BCUT2D eigenvalue weighted by Crippen LogP contribution is -2.29. The van der Waals surface area contributed by atoms with Gasteiger partial charge in [-0.25, -0.2) is 0 Å². The third-order valence-corrected chi connectivity index (χ3v) is 7.21. The van der Waals surface area contributed by atoms with E-state index in [9.17, 15) is 14.7 Å². The first kappa shape index (κ1) is 24.1. The second-order valence-electron chi connectivity index (χ2n) is 7.65. The summed E-state index contributed by atoms with van der Waals surface area (Å²) in [5.41, 5.74) is 1.62. The molecule has 34 heavy (non-hydrogen) atoms. The highest BCUT2D eigenvalue weighted by atomic mass is 35.5. The number of aliphatic hydroxyl groups is 1. The van der Waals surface area contributed by atoms with Gasteiger partial charge >= 0.3 is 0 Å². The van der Waals surface area contributed by atoms with Gasteiger partial charge in [0.15, 0.2) is 11.5 Å². The number of hydrogen-bond acceptors (Lipinski definition) is 6. The highest BCUT2D eigenvalue weighted by Gasteiger charge is 2.47. The summed E-state index contributed by atoms with van der Waals surface area (Å²) < 4.78 is 10.6. The molecule has 0 bridgehead atoms. The number of ether oxygens (including phenoxy) is 2. The van der Waals surface area contributed by atoms with Crippen LogP contribution in [0.5, 0.6) is 11.5 Å². The number of hydrogen-bond donors (Lipinski definition) is 1. The van der Waals surface area contributed by atoms with Crippen molar-refractivity contribution in [1.82, 2.24) is 4.90 Å². The highest BCUT2D eigenvalue weighted by molar-refractivity contribution is 7.09. The normalized spacial score (nSPS) is 17.3. The summed E-state index contributed by atoms with van der Waals surface area (Å²) >= 11 is 14.2. The Labute approximate surface area is 210 Å². The molecule has 2 heterocycles. The number of amides is 1. The number of benzene rings is 2. The minimum Gasteiger partial charge on any atom is -0.507 e. The first-order valence-corrected chi connectivity index (χ1v) is 11.9. The van der Waals surface area contributed by atoms with Crippen LogP contribution in [0, 0.1) is 6.92 Å². The van der Waals surface area contributed by atoms with E-state index < -0.39 is 23.5 Å². The molecule has 0 radical (unpaired) electrons. The molecule has 1 N–H and O–H groups in total. The van der Waals surface area contributed by atoms with Crippen LogP contribution in [0.1, 0.15) is 27.6 Å². The van der Waals surface area contributed by atoms with Crippen LogP contribution in [0.25, 0.3) is 5.76 Å². The zero-order valence-electron chi connectivity index (χ0n) is 18.6. The molecule has 176 valence electrons. The van der Waals surface area contributed by atoms with E-state index in [-0.39, 0.29) is 39.2 Å². The average molecular weight is 518 g/mol. The summed E-state index contributed by atoms with van der Waals surface area (Å²) in [6, 6.07) is 11.8. The number of Topliss-reactive ketones (excluding diaryl/α,β-unsaturated/α-hetero) is 1. The third kappa shape index (κ3) is 4.04. The van der Waals surface area contributed by atoms with E-state index in [2.05, 4.69) is 0 Å². The molecule has 2 aromatic carbocycles. The van der Waals surface area contributed by atoms with Crippen LogP contribution in [0.2, 0.25) is 10.0 Å². The second kappa shape index (κ2) is 9.70. The molecule has 9 heteroatoms. The summed E-state index contributed by atoms with van der Waals surface area (Å²) in [5.74, 6) is -1.68. The molecule has 3 aromatic rings. The average Bonchev–Trinajstić information content (AvgIpc) is 3.41. The largest absolute Gasteiger partial charge is 0.507 e. The lowest BCUT2D eigenvalue weighted by atomic mass is 9.92. The maximum atomic E-state index is 13.3. The number of halogens is 2. The number of ketones is 1. The van der Waals surface area contributed by atoms with Crippen molar-refractivity contribution < 1.29 is 24.2 Å². The Bertz CT molecular complexity index is 1300. The van der Waals surface area contributed by atoms with Crippen LogP contribution in [0.15, 0.2) is 53.4 Å². The summed E-state index contributed by atoms with van der Waals surface area (Å²) in [4.78, 5) is 28.9. The molecular weight excluding hydrogens is 497 g/mol. The maximum Gasteiger partial charge on any atom is 0.295 e. The van der Waals surface area contributed by atoms with Gasteiger partial charge in [0.05, 0.1) is 43.0 Å². The lowest BCUT2D eigenvalue weighted by molar-refractivity contribution is -0.140. The number of nitrogens with zero attached hydrogens (tertiary/aromatic N) is 1. The van der Waals surface area contributed by atoms with Crippen LogP contribution in [0.4, 0.5) is 0 Å². The Morgan fingerprint density at radius 2 is 1.79 bits per heavy atom. The van der Waals surface area contributed by atoms with Crippen molar-refractivity contribution in [2.45, 2.75) is 19.5 Å². The van der Waals surface area contributed by atoms with Gasteiger partial charge in [-0.15, -0.1) is 11.3 Å². The van der Waals surface area contributed by atoms with Crippen molar-refractivity contribution in [3.63, 3.8) is 0 Å². The first-order valence-electron chi connectivity index (χ1n) is 10.3. The number of likely N-dealkylation sites (tertiary alicyclic amines) is 1. The van der Waals surface area contributed by atoms with Crippen LogP contribution in [0.3, 0.4) is 0 Å². The Balaban J connectivity index is 1.97. The van der Waals surface area contributed by atoms with Crippen molar-refractivity contribution in [3.05, 3.63) is 85.0 Å². The Morgan fingerprint density at radius 1 is 1.09 bits per heavy atom. The van der Waals surface area contributed by atoms with E-state index in [1.807, 2.05) is 48.7 Å². The fourth-order valence-corrected chi connectivity index (χ4v) is 5.51. The molecule has 4 rings (SSSR count). The zero-order chi connectivity index (χ0) is 24.6. The highest BCUT2D eigenvalue weighted by Crippen LogP contribution is 2.47. The van der Waals surface area contributed by atoms with Crippen molar-refractivity contribution in [2.75, 3.05) is 14.2 Å². The Hall–Kier alpha value is -3.00. The zero-order valence-corrected chi connectivity index (χ0v) is 20.9. The van der Waals surface area contributed by atoms with Crippen LogP contribution in [-0.2, 0) is 16.1 Å². The van der Waals surface area contributed by atoms with Gasteiger partial charge in [-0.05, 0) is 35.6 Å². The summed E-state index contributed by atoms with van der Waals surface area (Å²) in [7, 11) is 2.78. The van der Waals surface area contributed by atoms with Crippen molar-refractivity contribution in [1.29, 1.82) is 0 Å². The number of aryl methyl sites for hydroxylation is 1. The van der Waals surface area contributed by atoms with E-state index in [1.165, 1.54) is 36.5 Å². The number of rotatable bonds is 6. The van der Waals surface area contributed by atoms with Gasteiger partial charge < -0.3 is 19.5 Å². The van der Waals surface area contributed by atoms with Crippen molar-refractivity contribution in [2.24, 2.45) is 0 Å². The standard InChI is InChI=1S/C25H21Cl2NO5S/c1-13-7-4-5-9-15(13)20-18(22(30)25(31)28(20)12-14-8-6-10-34-14)21(29)16-11-17(26)24(33-3)19(27)23(16)32-2/h4-11,20,29H,12H2,1-3H3/b21-18+. The molecule has 1 amide bonds. The summed E-state index contributed by atoms with van der Waals surface area (Å²) in [6.07, 6.45) is 0. The molecule has 0 aliphatic carbocycles. The van der Waals surface area contributed by atoms with Crippen molar-refractivity contribution >= 4 is 52.0 Å². The fourth-order valence-electron chi connectivity index (χ4n) is 4.12. The number of thiophene rings is 1. The molecule has 1 aromatic heterocycles. The first-order chi connectivity index (χ1) is 16.3.